The van der Waals surface area contributed by atoms with Crippen LogP contribution in [0.15, 0.2) is 16.9 Å². The molecule has 1 atom stereocenters. The second-order valence-corrected chi connectivity index (χ2v) is 7.82. The van der Waals surface area contributed by atoms with E-state index in [1.54, 1.807) is 10.6 Å². The number of carbonyl (C=O) groups is 1. The summed E-state index contributed by atoms with van der Waals surface area (Å²) in [5, 5.41) is 11.3. The van der Waals surface area contributed by atoms with E-state index in [1.807, 2.05) is 6.07 Å². The van der Waals surface area contributed by atoms with Gasteiger partial charge in [0.1, 0.15) is 6.61 Å². The minimum Gasteiger partial charge on any atom is -0.674 e. The summed E-state index contributed by atoms with van der Waals surface area (Å²) in [6, 6.07) is 3.56. The van der Waals surface area contributed by atoms with E-state index >= 15 is 0 Å². The van der Waals surface area contributed by atoms with E-state index in [-0.39, 0.29) is 49.6 Å². The first kappa shape index (κ1) is 21.4. The first-order valence-electron chi connectivity index (χ1n) is 10.00. The van der Waals surface area contributed by atoms with Gasteiger partial charge in [0.15, 0.2) is 17.6 Å². The molecule has 9 nitrogen and oxygen atoms in total. The van der Waals surface area contributed by atoms with Gasteiger partial charge >= 0.3 is 5.97 Å². The summed E-state index contributed by atoms with van der Waals surface area (Å²) < 4.78 is 17.5. The van der Waals surface area contributed by atoms with Gasteiger partial charge in [-0.05, 0) is 11.6 Å². The van der Waals surface area contributed by atoms with E-state index in [0.29, 0.717) is 34.0 Å². The molecule has 3 aliphatic heterocycles. The summed E-state index contributed by atoms with van der Waals surface area (Å²) in [7, 11) is 0. The molecule has 0 unspecified atom stereocenters. The van der Waals surface area contributed by atoms with Gasteiger partial charge in [-0.15, -0.1) is 18.9 Å². The number of pyridine rings is 2. The molecule has 6 rings (SSSR count). The van der Waals surface area contributed by atoms with Gasteiger partial charge in [0.2, 0.25) is 6.79 Å². The standard InChI is InChI=1S/C23H16N3O6.2Rf/c1-2-3-10-18-14(8-30-23(29)21(18)27)22(28)26-7-13-12(6-24)11-4-16-17(32-9-31-16)5-15(11)25-19(13)20(10)26;;/h1,4-5,21,24,27H,3,6-9H2;;/q-1;;/t21-;;/m0../s1. The number of aliphatic hydroxyl groups excluding tert-OH is 1. The van der Waals surface area contributed by atoms with E-state index in [2.05, 4.69) is 5.92 Å². The molecular weight excluding hydrogens is 948 g/mol. The molecule has 0 saturated carbocycles. The number of cyclic esters (lactones) is 1. The monoisotopic (exact) mass is 964 g/mol. The van der Waals surface area contributed by atoms with Gasteiger partial charge in [-0.3, -0.25) is 4.79 Å². The number of fused-ring (bicyclic) bond motifs is 6. The maximum Gasteiger partial charge on any atom is 0.340 e. The molecule has 0 fully saturated rings. The zero-order chi connectivity index (χ0) is 22.1. The number of rotatable bonds is 2. The number of nitrogens with one attached hydrogen (secondary N) is 1. The van der Waals surface area contributed by atoms with Crippen LogP contribution in [0.4, 0.5) is 0 Å². The summed E-state index contributed by atoms with van der Waals surface area (Å²) in [6.07, 6.45) is 4.13. The summed E-state index contributed by atoms with van der Waals surface area (Å²) in [4.78, 5) is 30.2. The first-order chi connectivity index (χ1) is 15.5. The molecule has 2 aromatic heterocycles. The topological polar surface area (TPSA) is 124 Å². The fraction of sp³-hybridized carbons (Fsp3) is 0.261. The number of esters is 1. The fourth-order valence-electron chi connectivity index (χ4n) is 4.85. The predicted molar refractivity (Wildman–Crippen MR) is 112 cm³/mol. The molecule has 0 saturated heterocycles. The zero-order valence-electron chi connectivity index (χ0n) is 18.1. The molecular formula is C23H16N3O6Rf2-. The Morgan fingerprint density at radius 2 is 1.88 bits per heavy atom. The van der Waals surface area contributed by atoms with Crippen molar-refractivity contribution < 1.29 is 24.1 Å². The number of carbonyl (C=O) groups excluding carboxylic acids is 1. The fourth-order valence-corrected chi connectivity index (χ4v) is 4.85. The third kappa shape index (κ3) is 2.45. The first-order valence-corrected chi connectivity index (χ1v) is 10.00. The zero-order valence-corrected chi connectivity index (χ0v) is 30.9. The van der Waals surface area contributed by atoms with Gasteiger partial charge in [-0.2, -0.15) is 0 Å². The van der Waals surface area contributed by atoms with Gasteiger partial charge in [-0.25, -0.2) is 9.78 Å². The average Bonchev–Trinajstić information content (AvgIpc) is 3.40. The van der Waals surface area contributed by atoms with Crippen molar-refractivity contribution in [3.63, 3.8) is 0 Å². The Labute approximate surface area is 181 Å². The van der Waals surface area contributed by atoms with Crippen LogP contribution in [0, 0.1) is 12.3 Å². The smallest absolute Gasteiger partial charge is 0.340 e. The molecule has 5 heterocycles. The van der Waals surface area contributed by atoms with Crippen molar-refractivity contribution >= 4 is 16.9 Å². The van der Waals surface area contributed by atoms with Crippen LogP contribution in [-0.4, -0.2) is 27.4 Å². The second-order valence-electron chi connectivity index (χ2n) is 7.82. The number of nitrogens with zero attached hydrogens (tertiary/aromatic N) is 2. The Balaban J connectivity index is 0.00000137. The van der Waals surface area contributed by atoms with Crippen LogP contribution >= 0.6 is 0 Å². The van der Waals surface area contributed by atoms with E-state index < -0.39 is 12.1 Å². The van der Waals surface area contributed by atoms with E-state index in [1.165, 1.54) is 0 Å². The number of hydrogen-bond acceptors (Lipinski definition) is 7. The number of benzene rings is 1. The van der Waals surface area contributed by atoms with Gasteiger partial charge in [0, 0.05) is 29.0 Å². The van der Waals surface area contributed by atoms with E-state index in [0.717, 1.165) is 16.5 Å². The summed E-state index contributed by atoms with van der Waals surface area (Å²) in [5.41, 5.74) is 11.8. The van der Waals surface area contributed by atoms with Crippen LogP contribution in [0.5, 0.6) is 11.5 Å². The quantitative estimate of drug-likeness (QED) is 0.241. The Morgan fingerprint density at radius 1 is 1.15 bits per heavy atom. The van der Waals surface area contributed by atoms with Crippen LogP contribution in [0.2, 0.25) is 0 Å². The SMILES string of the molecule is C#CCc1c2c(c(=O)n3c1-c1nc4cc5c(cc4c(C[NH-])c1C3)OCO5)COC(=O)[C@H]2O.[Rf].[Rf]. The number of terminal acetylenes is 1. The van der Waals surface area contributed by atoms with Gasteiger partial charge in [-0.1, -0.05) is 5.56 Å². The second kappa shape index (κ2) is 7.09. The number of aromatic nitrogens is 2. The average molecular weight is 964 g/mol. The molecule has 3 aliphatic rings. The number of hydrogen-bond donors (Lipinski definition) is 1. The van der Waals surface area contributed by atoms with Crippen LogP contribution in [0.3, 0.4) is 0 Å². The van der Waals surface area contributed by atoms with Crippen molar-refractivity contribution in [2.75, 3.05) is 6.79 Å². The molecule has 0 spiro atoms. The molecule has 34 heavy (non-hydrogen) atoms. The van der Waals surface area contributed by atoms with Crippen LogP contribution in [0.25, 0.3) is 28.0 Å². The Morgan fingerprint density at radius 3 is 2.59 bits per heavy atom. The van der Waals surface area contributed by atoms with Gasteiger partial charge in [0.05, 0.1) is 29.0 Å². The van der Waals surface area contributed by atoms with E-state index in [9.17, 15) is 14.7 Å². The van der Waals surface area contributed by atoms with Crippen molar-refractivity contribution in [3.8, 4) is 35.2 Å². The Bertz CT molecular complexity index is 1480. The van der Waals surface area contributed by atoms with Crippen LogP contribution < -0.4 is 15.0 Å². The van der Waals surface area contributed by atoms with Crippen LogP contribution in [0.1, 0.15) is 33.9 Å². The normalized spacial score (nSPS) is 16.5. The molecule has 11 heteroatoms. The van der Waals surface area contributed by atoms with Crippen molar-refractivity contribution in [1.29, 1.82) is 0 Å². The molecule has 3 aromatic rings. The van der Waals surface area contributed by atoms with Crippen LogP contribution in [-0.2, 0) is 35.6 Å². The summed E-state index contributed by atoms with van der Waals surface area (Å²) >= 11 is 0. The van der Waals surface area contributed by atoms with Gasteiger partial charge < -0.3 is 29.6 Å². The molecule has 2 N–H and O–H groups in total. The molecule has 1 aromatic carbocycles. The molecule has 0 bridgehead atoms. The number of aliphatic hydroxyl groups is 1. The molecule has 0 radical (unpaired) electrons. The minimum atomic E-state index is -1.59. The maximum absolute atomic E-state index is 13.3. The van der Waals surface area contributed by atoms with E-state index in [4.69, 9.17) is 31.4 Å². The minimum absolute atomic E-state index is 0. The Hall–Kier alpha value is -5.87. The number of ether oxygens (including phenoxy) is 3. The van der Waals surface area contributed by atoms with Gasteiger partial charge in [0.25, 0.3) is 5.56 Å². The third-order valence-electron chi connectivity index (χ3n) is 6.26. The third-order valence-corrected chi connectivity index (χ3v) is 6.26. The largest absolute Gasteiger partial charge is 0.674 e. The molecule has 164 valence electrons. The van der Waals surface area contributed by atoms with Crippen molar-refractivity contribution in [2.45, 2.75) is 32.2 Å². The Kier molecular flexibility index (Phi) is 4.45. The summed E-state index contributed by atoms with van der Waals surface area (Å²) in [5.74, 6) is 2.90. The van der Waals surface area contributed by atoms with Crippen molar-refractivity contribution in [2.24, 2.45) is 0 Å². The van der Waals surface area contributed by atoms with Crippen molar-refractivity contribution in [1.82, 2.24) is 9.55 Å². The maximum atomic E-state index is 13.3. The predicted octanol–water partition coefficient (Wildman–Crippen LogP) is 1.97. The molecule has 0 aliphatic carbocycles. The van der Waals surface area contributed by atoms with Crippen molar-refractivity contribution in [3.05, 3.63) is 56.0 Å². The molecule has 0 amide bonds. The summed E-state index contributed by atoms with van der Waals surface area (Å²) in [6.45, 7) is 0.0781.